The predicted octanol–water partition coefficient (Wildman–Crippen LogP) is 3.24. The van der Waals surface area contributed by atoms with Gasteiger partial charge in [0.2, 0.25) is 5.28 Å². The van der Waals surface area contributed by atoms with Crippen LogP contribution in [0.1, 0.15) is 32.1 Å². The minimum Gasteiger partial charge on any atom is -0.390 e. The number of rotatable bonds is 2. The molecular formula is C14H17BrClN3O. The summed E-state index contributed by atoms with van der Waals surface area (Å²) in [6.45, 7) is 0. The molecule has 0 aromatic carbocycles. The second-order valence-electron chi connectivity index (χ2n) is 6.70. The summed E-state index contributed by atoms with van der Waals surface area (Å²) < 4.78 is 0.842. The third-order valence-electron chi connectivity index (χ3n) is 5.26. The molecule has 0 spiro atoms. The minimum absolute atomic E-state index is 0.262. The first-order valence-electron chi connectivity index (χ1n) is 7.19. The first-order valence-corrected chi connectivity index (χ1v) is 8.36. The third-order valence-corrected chi connectivity index (χ3v) is 6.02. The van der Waals surface area contributed by atoms with Crippen LogP contribution in [0, 0.1) is 17.8 Å². The highest BCUT2D eigenvalue weighted by atomic mass is 79.9. The summed E-state index contributed by atoms with van der Waals surface area (Å²) in [7, 11) is 0. The summed E-state index contributed by atoms with van der Waals surface area (Å²) in [6, 6.07) is 0.397. The number of aliphatic hydroxyl groups is 1. The highest BCUT2D eigenvalue weighted by Crippen LogP contribution is 2.56. The zero-order valence-corrected chi connectivity index (χ0v) is 13.4. The van der Waals surface area contributed by atoms with Crippen LogP contribution in [0.15, 0.2) is 10.7 Å². The van der Waals surface area contributed by atoms with Gasteiger partial charge < -0.3 is 10.4 Å². The lowest BCUT2D eigenvalue weighted by Crippen LogP contribution is -2.59. The number of hydrogen-bond donors (Lipinski definition) is 2. The lowest BCUT2D eigenvalue weighted by Gasteiger charge is -2.58. The molecule has 1 aromatic rings. The maximum absolute atomic E-state index is 10.6. The van der Waals surface area contributed by atoms with E-state index in [0.717, 1.165) is 29.6 Å². The number of halogens is 2. The molecule has 4 fully saturated rings. The van der Waals surface area contributed by atoms with Gasteiger partial charge in [-0.2, -0.15) is 4.98 Å². The van der Waals surface area contributed by atoms with Crippen LogP contribution in [-0.2, 0) is 0 Å². The van der Waals surface area contributed by atoms with Crippen molar-refractivity contribution in [3.8, 4) is 0 Å². The quantitative estimate of drug-likeness (QED) is 0.797. The van der Waals surface area contributed by atoms with Gasteiger partial charge in [-0.25, -0.2) is 4.98 Å². The van der Waals surface area contributed by atoms with E-state index in [1.165, 1.54) is 12.8 Å². The fourth-order valence-corrected chi connectivity index (χ4v) is 5.26. The van der Waals surface area contributed by atoms with Crippen molar-refractivity contribution in [1.29, 1.82) is 0 Å². The van der Waals surface area contributed by atoms with Crippen LogP contribution in [0.3, 0.4) is 0 Å². The highest BCUT2D eigenvalue weighted by Gasteiger charge is 2.54. The van der Waals surface area contributed by atoms with Crippen molar-refractivity contribution in [2.45, 2.75) is 43.7 Å². The van der Waals surface area contributed by atoms with Gasteiger partial charge in [-0.05, 0) is 77.4 Å². The molecule has 0 amide bonds. The molecule has 2 atom stereocenters. The average molecular weight is 359 g/mol. The molecule has 2 unspecified atom stereocenters. The number of nitrogens with one attached hydrogen (secondary N) is 1. The standard InChI is InChI=1S/C14H17BrClN3O/c15-10-6-17-13(16)19-12(10)18-11-8-1-7-2-9(11)5-14(20,3-7)4-8/h6-9,11,20H,1-5H2,(H,17,18,19). The second kappa shape index (κ2) is 4.55. The van der Waals surface area contributed by atoms with E-state index in [0.29, 0.717) is 23.8 Å². The Kier molecular flexibility index (Phi) is 3.02. The first kappa shape index (κ1) is 13.3. The molecule has 4 aliphatic rings. The molecule has 1 aromatic heterocycles. The van der Waals surface area contributed by atoms with Crippen LogP contribution in [0.5, 0.6) is 0 Å². The lowest BCUT2D eigenvalue weighted by atomic mass is 9.52. The Hall–Kier alpha value is -0.390. The Morgan fingerprint density at radius 2 is 2.00 bits per heavy atom. The molecular weight excluding hydrogens is 342 g/mol. The molecule has 0 saturated heterocycles. The van der Waals surface area contributed by atoms with Crippen molar-refractivity contribution in [2.75, 3.05) is 5.32 Å². The maximum Gasteiger partial charge on any atom is 0.224 e. The Balaban J connectivity index is 1.59. The van der Waals surface area contributed by atoms with Crippen molar-refractivity contribution < 1.29 is 5.11 Å². The van der Waals surface area contributed by atoms with Gasteiger partial charge >= 0.3 is 0 Å². The summed E-state index contributed by atoms with van der Waals surface area (Å²) in [5.74, 6) is 2.58. The number of hydrogen-bond acceptors (Lipinski definition) is 4. The van der Waals surface area contributed by atoms with E-state index in [9.17, 15) is 5.11 Å². The number of nitrogens with zero attached hydrogens (tertiary/aromatic N) is 2. The first-order chi connectivity index (χ1) is 9.52. The zero-order valence-electron chi connectivity index (χ0n) is 11.0. The lowest BCUT2D eigenvalue weighted by molar-refractivity contribution is -0.129. The van der Waals surface area contributed by atoms with Crippen LogP contribution < -0.4 is 5.32 Å². The van der Waals surface area contributed by atoms with Crippen molar-refractivity contribution in [3.05, 3.63) is 16.0 Å². The fraction of sp³-hybridized carbons (Fsp3) is 0.714. The van der Waals surface area contributed by atoms with Gasteiger partial charge in [0.15, 0.2) is 0 Å². The molecule has 4 nitrogen and oxygen atoms in total. The van der Waals surface area contributed by atoms with Gasteiger partial charge in [0, 0.05) is 12.2 Å². The van der Waals surface area contributed by atoms with Gasteiger partial charge in [-0.15, -0.1) is 0 Å². The molecule has 0 radical (unpaired) electrons. The van der Waals surface area contributed by atoms with Crippen molar-refractivity contribution in [2.24, 2.45) is 17.8 Å². The zero-order chi connectivity index (χ0) is 13.9. The number of aromatic nitrogens is 2. The molecule has 6 heteroatoms. The van der Waals surface area contributed by atoms with Crippen molar-refractivity contribution >= 4 is 33.3 Å². The Labute approximate surface area is 131 Å². The van der Waals surface area contributed by atoms with Crippen LogP contribution in [-0.4, -0.2) is 26.7 Å². The summed E-state index contributed by atoms with van der Waals surface area (Å²) >= 11 is 9.36. The molecule has 108 valence electrons. The Morgan fingerprint density at radius 3 is 2.65 bits per heavy atom. The summed E-state index contributed by atoms with van der Waals surface area (Å²) in [6.07, 6.45) is 7.00. The van der Waals surface area contributed by atoms with Crippen LogP contribution in [0.4, 0.5) is 5.82 Å². The number of anilines is 1. The molecule has 4 saturated carbocycles. The van der Waals surface area contributed by atoms with Crippen LogP contribution in [0.25, 0.3) is 0 Å². The van der Waals surface area contributed by atoms with E-state index in [1.807, 2.05) is 0 Å². The SMILES string of the molecule is OC12CC3CC(C1)C(Nc1nc(Cl)ncc1Br)C(C3)C2. The minimum atomic E-state index is -0.394. The van der Waals surface area contributed by atoms with E-state index in [4.69, 9.17) is 11.6 Å². The highest BCUT2D eigenvalue weighted by molar-refractivity contribution is 9.10. The van der Waals surface area contributed by atoms with Crippen molar-refractivity contribution in [3.63, 3.8) is 0 Å². The Morgan fingerprint density at radius 1 is 1.30 bits per heavy atom. The van der Waals surface area contributed by atoms with E-state index in [-0.39, 0.29) is 5.28 Å². The van der Waals surface area contributed by atoms with Gasteiger partial charge in [0.1, 0.15) is 5.82 Å². The van der Waals surface area contributed by atoms with Crippen molar-refractivity contribution in [1.82, 2.24) is 9.97 Å². The second-order valence-corrected chi connectivity index (χ2v) is 7.89. The maximum atomic E-state index is 10.6. The summed E-state index contributed by atoms with van der Waals surface area (Å²) in [4.78, 5) is 8.24. The van der Waals surface area contributed by atoms with Crippen LogP contribution >= 0.6 is 27.5 Å². The van der Waals surface area contributed by atoms with Gasteiger partial charge in [-0.3, -0.25) is 0 Å². The van der Waals surface area contributed by atoms with Gasteiger partial charge in [-0.1, -0.05) is 0 Å². The Bertz CT molecular complexity index is 539. The largest absolute Gasteiger partial charge is 0.390 e. The molecule has 0 aliphatic heterocycles. The average Bonchev–Trinajstić information content (AvgIpc) is 2.36. The molecule has 5 rings (SSSR count). The molecule has 2 N–H and O–H groups in total. The molecule has 4 aliphatic carbocycles. The third kappa shape index (κ3) is 2.14. The van der Waals surface area contributed by atoms with E-state index in [2.05, 4.69) is 31.2 Å². The summed E-state index contributed by atoms with van der Waals surface area (Å²) in [5.41, 5.74) is -0.394. The van der Waals surface area contributed by atoms with E-state index in [1.54, 1.807) is 6.20 Å². The van der Waals surface area contributed by atoms with E-state index < -0.39 is 5.60 Å². The monoisotopic (exact) mass is 357 g/mol. The predicted molar refractivity (Wildman–Crippen MR) is 80.7 cm³/mol. The van der Waals surface area contributed by atoms with E-state index >= 15 is 0 Å². The molecule has 20 heavy (non-hydrogen) atoms. The fourth-order valence-electron chi connectivity index (χ4n) is 4.82. The normalized spacial score (nSPS) is 42.0. The molecule has 1 heterocycles. The topological polar surface area (TPSA) is 58.0 Å². The van der Waals surface area contributed by atoms with Crippen LogP contribution in [0.2, 0.25) is 5.28 Å². The summed E-state index contributed by atoms with van der Waals surface area (Å²) in [5, 5.41) is 14.4. The van der Waals surface area contributed by atoms with Gasteiger partial charge in [0.25, 0.3) is 0 Å². The smallest absolute Gasteiger partial charge is 0.224 e. The molecule has 4 bridgehead atoms. The van der Waals surface area contributed by atoms with Gasteiger partial charge in [0.05, 0.1) is 10.1 Å².